The van der Waals surface area contributed by atoms with Gasteiger partial charge in [-0.3, -0.25) is 0 Å². The lowest BCUT2D eigenvalue weighted by molar-refractivity contribution is 0.780. The molecule has 0 unspecified atom stereocenters. The van der Waals surface area contributed by atoms with Gasteiger partial charge in [0.1, 0.15) is 0 Å². The third-order valence-corrected chi connectivity index (χ3v) is 3.40. The Morgan fingerprint density at radius 3 is 2.81 bits per heavy atom. The summed E-state index contributed by atoms with van der Waals surface area (Å²) in [5.74, 6) is 0.527. The summed E-state index contributed by atoms with van der Waals surface area (Å²) in [6.07, 6.45) is 1.76. The van der Waals surface area contributed by atoms with Crippen LogP contribution in [0.15, 0.2) is 28.9 Å². The number of halogens is 2. The van der Waals surface area contributed by atoms with Crippen molar-refractivity contribution in [3.63, 3.8) is 0 Å². The highest BCUT2D eigenvalue weighted by atomic mass is 79.9. The molecular weight excluding hydrogens is 289 g/mol. The van der Waals surface area contributed by atoms with E-state index in [-0.39, 0.29) is 0 Å². The first kappa shape index (κ1) is 11.5. The second-order valence-corrected chi connectivity index (χ2v) is 4.87. The molecular formula is C11H11BrClN3. The fourth-order valence-electron chi connectivity index (χ4n) is 1.51. The molecule has 3 nitrogen and oxygen atoms in total. The summed E-state index contributed by atoms with van der Waals surface area (Å²) in [5, 5.41) is 0.714. The van der Waals surface area contributed by atoms with Gasteiger partial charge in [0.2, 0.25) is 5.95 Å². The number of anilines is 1. The summed E-state index contributed by atoms with van der Waals surface area (Å²) in [5.41, 5.74) is 7.94. The van der Waals surface area contributed by atoms with Crippen LogP contribution in [0.2, 0.25) is 5.02 Å². The van der Waals surface area contributed by atoms with Crippen LogP contribution in [-0.2, 0) is 6.54 Å². The van der Waals surface area contributed by atoms with Crippen LogP contribution in [0.4, 0.5) is 5.95 Å². The zero-order chi connectivity index (χ0) is 11.7. The molecule has 2 rings (SSSR count). The Bertz CT molecular complexity index is 502. The van der Waals surface area contributed by atoms with E-state index in [2.05, 4.69) is 20.9 Å². The molecule has 0 amide bonds. The molecule has 0 saturated carbocycles. The molecule has 1 aromatic heterocycles. The highest BCUT2D eigenvalue weighted by molar-refractivity contribution is 9.10. The SMILES string of the molecule is Cc1cnc(N)n1Cc1ccc(Cl)cc1Br. The zero-order valence-corrected chi connectivity index (χ0v) is 11.1. The molecule has 0 atom stereocenters. The zero-order valence-electron chi connectivity index (χ0n) is 8.74. The lowest BCUT2D eigenvalue weighted by Crippen LogP contribution is -2.06. The second kappa shape index (κ2) is 4.47. The summed E-state index contributed by atoms with van der Waals surface area (Å²) in [7, 11) is 0. The monoisotopic (exact) mass is 299 g/mol. The number of benzene rings is 1. The predicted molar refractivity (Wildman–Crippen MR) is 69.6 cm³/mol. The van der Waals surface area contributed by atoms with Gasteiger partial charge in [0.05, 0.1) is 12.7 Å². The lowest BCUT2D eigenvalue weighted by Gasteiger charge is -2.09. The molecule has 2 aromatic rings. The molecule has 16 heavy (non-hydrogen) atoms. The number of imidazole rings is 1. The van der Waals surface area contributed by atoms with Crippen molar-refractivity contribution in [1.82, 2.24) is 9.55 Å². The van der Waals surface area contributed by atoms with Crippen LogP contribution in [0.3, 0.4) is 0 Å². The van der Waals surface area contributed by atoms with Gasteiger partial charge in [-0.2, -0.15) is 0 Å². The number of aryl methyl sites for hydroxylation is 1. The minimum Gasteiger partial charge on any atom is -0.369 e. The minimum atomic E-state index is 0.527. The normalized spacial score (nSPS) is 10.7. The number of nitrogens with two attached hydrogens (primary N) is 1. The summed E-state index contributed by atoms with van der Waals surface area (Å²) in [6, 6.07) is 5.72. The maximum absolute atomic E-state index is 5.89. The molecule has 0 fully saturated rings. The number of hydrogen-bond donors (Lipinski definition) is 1. The van der Waals surface area contributed by atoms with Crippen LogP contribution < -0.4 is 5.73 Å². The highest BCUT2D eigenvalue weighted by Crippen LogP contribution is 2.23. The molecule has 0 radical (unpaired) electrons. The van der Waals surface area contributed by atoms with Crippen LogP contribution in [0.5, 0.6) is 0 Å². The van der Waals surface area contributed by atoms with Crippen molar-refractivity contribution in [3.05, 3.63) is 45.1 Å². The summed E-state index contributed by atoms with van der Waals surface area (Å²) < 4.78 is 2.93. The van der Waals surface area contributed by atoms with Crippen molar-refractivity contribution < 1.29 is 0 Å². The fourth-order valence-corrected chi connectivity index (χ4v) is 2.31. The Kier molecular flexibility index (Phi) is 3.21. The Labute approximate surface area is 107 Å². The standard InChI is InChI=1S/C11H11BrClN3/c1-7-5-15-11(14)16(7)6-8-2-3-9(13)4-10(8)12/h2-5H,6H2,1H3,(H2,14,15). The maximum atomic E-state index is 5.89. The number of nitrogen functional groups attached to an aromatic ring is 1. The summed E-state index contributed by atoms with van der Waals surface area (Å²) in [4.78, 5) is 4.06. The summed E-state index contributed by atoms with van der Waals surface area (Å²) in [6.45, 7) is 2.67. The van der Waals surface area contributed by atoms with Crippen molar-refractivity contribution in [2.24, 2.45) is 0 Å². The third kappa shape index (κ3) is 2.23. The van der Waals surface area contributed by atoms with Gasteiger partial charge in [-0.15, -0.1) is 0 Å². The van der Waals surface area contributed by atoms with Crippen molar-refractivity contribution in [3.8, 4) is 0 Å². The molecule has 1 aromatic carbocycles. The van der Waals surface area contributed by atoms with Gasteiger partial charge in [-0.1, -0.05) is 33.6 Å². The molecule has 0 bridgehead atoms. The molecule has 0 aliphatic heterocycles. The third-order valence-electron chi connectivity index (χ3n) is 2.43. The average molecular weight is 301 g/mol. The predicted octanol–water partition coefficient (Wildman–Crippen LogP) is 3.24. The molecule has 84 valence electrons. The first-order valence-electron chi connectivity index (χ1n) is 4.79. The number of hydrogen-bond acceptors (Lipinski definition) is 2. The van der Waals surface area contributed by atoms with Crippen LogP contribution in [0, 0.1) is 6.92 Å². The molecule has 2 N–H and O–H groups in total. The van der Waals surface area contributed by atoms with E-state index < -0.39 is 0 Å². The van der Waals surface area contributed by atoms with E-state index in [0.717, 1.165) is 15.7 Å². The fraction of sp³-hybridized carbons (Fsp3) is 0.182. The van der Waals surface area contributed by atoms with E-state index in [9.17, 15) is 0 Å². The van der Waals surface area contributed by atoms with E-state index >= 15 is 0 Å². The molecule has 0 saturated heterocycles. The Morgan fingerprint density at radius 1 is 1.50 bits per heavy atom. The lowest BCUT2D eigenvalue weighted by atomic mass is 10.2. The first-order valence-corrected chi connectivity index (χ1v) is 5.96. The molecule has 5 heteroatoms. The number of aromatic nitrogens is 2. The van der Waals surface area contributed by atoms with Gasteiger partial charge in [0, 0.05) is 15.2 Å². The van der Waals surface area contributed by atoms with Gasteiger partial charge in [0.15, 0.2) is 0 Å². The molecule has 0 aliphatic carbocycles. The quantitative estimate of drug-likeness (QED) is 0.925. The van der Waals surface area contributed by atoms with Gasteiger partial charge in [-0.25, -0.2) is 4.98 Å². The molecule has 0 aliphatic rings. The van der Waals surface area contributed by atoms with Gasteiger partial charge < -0.3 is 10.3 Å². The average Bonchev–Trinajstić information content (AvgIpc) is 2.53. The number of nitrogens with zero attached hydrogens (tertiary/aromatic N) is 2. The Balaban J connectivity index is 2.34. The van der Waals surface area contributed by atoms with Gasteiger partial charge in [0.25, 0.3) is 0 Å². The van der Waals surface area contributed by atoms with E-state index in [0.29, 0.717) is 17.5 Å². The van der Waals surface area contributed by atoms with Crippen molar-refractivity contribution in [1.29, 1.82) is 0 Å². The molecule has 0 spiro atoms. The minimum absolute atomic E-state index is 0.527. The smallest absolute Gasteiger partial charge is 0.200 e. The largest absolute Gasteiger partial charge is 0.369 e. The van der Waals surface area contributed by atoms with Gasteiger partial charge >= 0.3 is 0 Å². The highest BCUT2D eigenvalue weighted by Gasteiger charge is 2.06. The second-order valence-electron chi connectivity index (χ2n) is 3.58. The van der Waals surface area contributed by atoms with Crippen LogP contribution in [0.1, 0.15) is 11.3 Å². The number of rotatable bonds is 2. The van der Waals surface area contributed by atoms with E-state index in [1.54, 1.807) is 6.20 Å². The van der Waals surface area contributed by atoms with Crippen molar-refractivity contribution in [2.75, 3.05) is 5.73 Å². The van der Waals surface area contributed by atoms with Crippen LogP contribution in [0.25, 0.3) is 0 Å². The Hall–Kier alpha value is -1.000. The van der Waals surface area contributed by atoms with Crippen LogP contribution in [-0.4, -0.2) is 9.55 Å². The van der Waals surface area contributed by atoms with Crippen molar-refractivity contribution in [2.45, 2.75) is 13.5 Å². The topological polar surface area (TPSA) is 43.8 Å². The molecule has 1 heterocycles. The first-order chi connectivity index (χ1) is 7.58. The summed E-state index contributed by atoms with van der Waals surface area (Å²) >= 11 is 9.37. The Morgan fingerprint density at radius 2 is 2.25 bits per heavy atom. The van der Waals surface area contributed by atoms with Crippen LogP contribution >= 0.6 is 27.5 Å². The van der Waals surface area contributed by atoms with E-state index in [4.69, 9.17) is 17.3 Å². The van der Waals surface area contributed by atoms with Crippen molar-refractivity contribution >= 4 is 33.5 Å². The van der Waals surface area contributed by atoms with Gasteiger partial charge in [-0.05, 0) is 24.6 Å². The van der Waals surface area contributed by atoms with E-state index in [1.807, 2.05) is 29.7 Å². The van der Waals surface area contributed by atoms with E-state index in [1.165, 1.54) is 0 Å². The maximum Gasteiger partial charge on any atom is 0.200 e.